The minimum absolute atomic E-state index is 0.0533. The van der Waals surface area contributed by atoms with Crippen LogP contribution in [-0.2, 0) is 27.0 Å². The molecule has 0 amide bonds. The van der Waals surface area contributed by atoms with E-state index in [0.717, 1.165) is 42.8 Å². The molecule has 2 aromatic heterocycles. The molecular formula is C30H35ClF4N6O3S. The summed E-state index contributed by atoms with van der Waals surface area (Å²) in [5.41, 5.74) is -0.275. The average molecular weight is 671 g/mol. The summed E-state index contributed by atoms with van der Waals surface area (Å²) in [5, 5.41) is 3.18. The van der Waals surface area contributed by atoms with E-state index in [2.05, 4.69) is 32.1 Å². The fraction of sp³-hybridized carbons (Fsp3) is 0.533. The van der Waals surface area contributed by atoms with Crippen LogP contribution in [0.2, 0.25) is 5.02 Å². The number of anilines is 3. The van der Waals surface area contributed by atoms with Crippen LogP contribution in [-0.4, -0.2) is 70.8 Å². The van der Waals surface area contributed by atoms with Gasteiger partial charge < -0.3 is 19.7 Å². The van der Waals surface area contributed by atoms with Crippen LogP contribution in [0.4, 0.5) is 34.3 Å². The summed E-state index contributed by atoms with van der Waals surface area (Å²) in [4.78, 5) is 29.3. The summed E-state index contributed by atoms with van der Waals surface area (Å²) in [6, 6.07) is 3.75. The van der Waals surface area contributed by atoms with Gasteiger partial charge in [0, 0.05) is 41.1 Å². The van der Waals surface area contributed by atoms with Gasteiger partial charge in [0.05, 0.1) is 24.0 Å². The van der Waals surface area contributed by atoms with Crippen molar-refractivity contribution < 1.29 is 31.8 Å². The number of nitrogens with one attached hydrogen (secondary N) is 1. The summed E-state index contributed by atoms with van der Waals surface area (Å²) >= 11 is 7.37. The molecule has 0 unspecified atom stereocenters. The molecule has 0 spiro atoms. The van der Waals surface area contributed by atoms with Gasteiger partial charge in [-0.25, -0.2) is 19.7 Å². The maximum absolute atomic E-state index is 15.8. The summed E-state index contributed by atoms with van der Waals surface area (Å²) in [7, 11) is 0. The van der Waals surface area contributed by atoms with Gasteiger partial charge in [0.2, 0.25) is 5.82 Å². The number of benzene rings is 1. The first kappa shape index (κ1) is 33.3. The first-order valence-electron chi connectivity index (χ1n) is 15.0. The number of halogens is 5. The van der Waals surface area contributed by atoms with Crippen molar-refractivity contribution in [3.05, 3.63) is 45.8 Å². The van der Waals surface area contributed by atoms with E-state index in [0.29, 0.717) is 44.2 Å². The Labute approximate surface area is 267 Å². The van der Waals surface area contributed by atoms with Crippen LogP contribution < -0.4 is 10.2 Å². The Bertz CT molecular complexity index is 1480. The number of likely N-dealkylation sites (tertiary alicyclic amines) is 1. The van der Waals surface area contributed by atoms with Gasteiger partial charge >= 0.3 is 12.1 Å². The normalized spacial score (nSPS) is 18.0. The number of alkyl halides is 3. The van der Waals surface area contributed by atoms with Crippen LogP contribution in [0.15, 0.2) is 24.5 Å². The number of carbonyl (C=O) groups is 1. The molecule has 45 heavy (non-hydrogen) atoms. The average Bonchev–Trinajstić information content (AvgIpc) is 3.63. The molecule has 5 rings (SSSR count). The smallest absolute Gasteiger partial charge is 0.416 e. The summed E-state index contributed by atoms with van der Waals surface area (Å²) in [6.07, 6.45) is 0.694. The lowest BCUT2D eigenvalue weighted by Gasteiger charge is -2.32. The monoisotopic (exact) mass is 670 g/mol. The van der Waals surface area contributed by atoms with E-state index in [4.69, 9.17) is 21.1 Å². The van der Waals surface area contributed by atoms with Crippen molar-refractivity contribution >= 4 is 45.7 Å². The van der Waals surface area contributed by atoms with Crippen LogP contribution in [0.3, 0.4) is 0 Å². The number of esters is 1. The summed E-state index contributed by atoms with van der Waals surface area (Å²) in [6.45, 7) is 6.27. The molecular weight excluding hydrogens is 636 g/mol. The quantitative estimate of drug-likeness (QED) is 0.170. The van der Waals surface area contributed by atoms with E-state index in [1.165, 1.54) is 23.7 Å². The predicted octanol–water partition coefficient (Wildman–Crippen LogP) is 7.08. The predicted molar refractivity (Wildman–Crippen MR) is 164 cm³/mol. The van der Waals surface area contributed by atoms with Crippen LogP contribution >= 0.6 is 22.9 Å². The molecule has 4 heterocycles. The first-order valence-corrected chi connectivity index (χ1v) is 16.2. The maximum Gasteiger partial charge on any atom is 0.416 e. The highest BCUT2D eigenvalue weighted by atomic mass is 35.5. The Kier molecular flexibility index (Phi) is 10.8. The van der Waals surface area contributed by atoms with E-state index < -0.39 is 23.5 Å². The zero-order chi connectivity index (χ0) is 32.1. The van der Waals surface area contributed by atoms with Crippen molar-refractivity contribution in [1.82, 2.24) is 19.9 Å². The third kappa shape index (κ3) is 8.21. The molecule has 1 N–H and O–H groups in total. The number of carbonyl (C=O) groups excluding carboxylic acids is 1. The number of aromatic nitrogens is 3. The standard InChI is InChI=1S/C30H35ClF4N6O3S/c1-3-21-6-5-9-41(21)15-23-26(18-12-19(30(33,34)35)14-20(31)13-18)38-29(45-23)39-27-25(32)28(37-17-36-27)40-10-7-22(8-11-40)44-16-24(42)43-4-2/h12-14,17,21-22H,3-11,15-16H2,1-2H3,(H,36,37,38,39)/t21-/m1/s1. The maximum atomic E-state index is 15.8. The zero-order valence-corrected chi connectivity index (χ0v) is 26.6. The van der Waals surface area contributed by atoms with E-state index >= 15 is 4.39 Å². The largest absolute Gasteiger partial charge is 0.464 e. The van der Waals surface area contributed by atoms with Crippen LogP contribution in [0, 0.1) is 5.82 Å². The number of nitrogens with zero attached hydrogens (tertiary/aromatic N) is 5. The summed E-state index contributed by atoms with van der Waals surface area (Å²) in [5.74, 6) is -1.08. The lowest BCUT2D eigenvalue weighted by Crippen LogP contribution is -2.38. The van der Waals surface area contributed by atoms with Gasteiger partial charge in [0.15, 0.2) is 16.8 Å². The molecule has 2 aliphatic rings. The lowest BCUT2D eigenvalue weighted by atomic mass is 10.1. The Morgan fingerprint density at radius 1 is 1.13 bits per heavy atom. The molecule has 0 aliphatic carbocycles. The van der Waals surface area contributed by atoms with Crippen LogP contribution in [0.25, 0.3) is 11.3 Å². The highest BCUT2D eigenvalue weighted by Gasteiger charge is 2.33. The fourth-order valence-corrected chi connectivity index (χ4v) is 7.01. The fourth-order valence-electron chi connectivity index (χ4n) is 5.77. The highest BCUT2D eigenvalue weighted by Crippen LogP contribution is 2.40. The van der Waals surface area contributed by atoms with Gasteiger partial charge in [-0.05, 0) is 63.8 Å². The molecule has 0 saturated carbocycles. The van der Waals surface area contributed by atoms with Crippen molar-refractivity contribution in [3.8, 4) is 11.3 Å². The van der Waals surface area contributed by atoms with Crippen molar-refractivity contribution in [3.63, 3.8) is 0 Å². The SMILES string of the molecule is CCOC(=O)COC1CCN(c2ncnc(Nc3nc(-c4cc(Cl)cc(C(F)(F)F)c4)c(CN4CCC[C@H]4CC)s3)c2F)CC1. The molecule has 1 atom stereocenters. The number of hydrogen-bond acceptors (Lipinski definition) is 10. The lowest BCUT2D eigenvalue weighted by molar-refractivity contribution is -0.151. The number of rotatable bonds is 11. The van der Waals surface area contributed by atoms with Crippen molar-refractivity contribution in [1.29, 1.82) is 0 Å². The first-order chi connectivity index (χ1) is 21.5. The highest BCUT2D eigenvalue weighted by molar-refractivity contribution is 7.16. The molecule has 9 nitrogen and oxygen atoms in total. The van der Waals surface area contributed by atoms with Gasteiger partial charge in [-0.2, -0.15) is 17.6 Å². The number of hydrogen-bond donors (Lipinski definition) is 1. The number of ether oxygens (including phenoxy) is 2. The topological polar surface area (TPSA) is 92.7 Å². The van der Waals surface area contributed by atoms with Gasteiger partial charge in [-0.3, -0.25) is 4.90 Å². The minimum atomic E-state index is -4.58. The zero-order valence-electron chi connectivity index (χ0n) is 25.0. The molecule has 2 aliphatic heterocycles. The van der Waals surface area contributed by atoms with E-state index in [9.17, 15) is 18.0 Å². The Hall–Kier alpha value is -3.07. The number of piperidine rings is 1. The van der Waals surface area contributed by atoms with Crippen molar-refractivity contribution in [2.24, 2.45) is 0 Å². The molecule has 15 heteroatoms. The Morgan fingerprint density at radius 2 is 1.91 bits per heavy atom. The van der Waals surface area contributed by atoms with E-state index in [-0.39, 0.29) is 46.7 Å². The van der Waals surface area contributed by atoms with Gasteiger partial charge in [-0.1, -0.05) is 29.9 Å². The van der Waals surface area contributed by atoms with Crippen molar-refractivity contribution in [2.75, 3.05) is 43.1 Å². The third-order valence-electron chi connectivity index (χ3n) is 7.99. The summed E-state index contributed by atoms with van der Waals surface area (Å²) < 4.78 is 67.3. The second-order valence-electron chi connectivity index (χ2n) is 11.0. The Morgan fingerprint density at radius 3 is 2.62 bits per heavy atom. The van der Waals surface area contributed by atoms with E-state index in [1.54, 1.807) is 11.8 Å². The minimum Gasteiger partial charge on any atom is -0.464 e. The van der Waals surface area contributed by atoms with Crippen LogP contribution in [0.5, 0.6) is 0 Å². The van der Waals surface area contributed by atoms with E-state index in [1.807, 2.05) is 0 Å². The molecule has 2 saturated heterocycles. The molecule has 3 aromatic rings. The number of thiazole rings is 1. The van der Waals surface area contributed by atoms with Crippen molar-refractivity contribution in [2.45, 2.75) is 70.8 Å². The molecule has 0 radical (unpaired) electrons. The van der Waals surface area contributed by atoms with Gasteiger partial charge in [0.1, 0.15) is 12.9 Å². The van der Waals surface area contributed by atoms with Gasteiger partial charge in [0.25, 0.3) is 0 Å². The third-order valence-corrected chi connectivity index (χ3v) is 9.17. The molecule has 0 bridgehead atoms. The Balaban J connectivity index is 1.37. The second-order valence-corrected chi connectivity index (χ2v) is 12.5. The second kappa shape index (κ2) is 14.6. The molecule has 1 aromatic carbocycles. The molecule has 244 valence electrons. The van der Waals surface area contributed by atoms with Gasteiger partial charge in [-0.15, -0.1) is 0 Å². The van der Waals surface area contributed by atoms with Crippen LogP contribution in [0.1, 0.15) is 56.4 Å². The molecule has 2 fully saturated rings.